The first kappa shape index (κ1) is 12.4. The maximum Gasteiger partial charge on any atom is 0.182 e. The summed E-state index contributed by atoms with van der Waals surface area (Å²) >= 11 is 0. The molecule has 0 aromatic heterocycles. The van der Waals surface area contributed by atoms with Crippen LogP contribution in [0.15, 0.2) is 29.2 Å². The van der Waals surface area contributed by atoms with Gasteiger partial charge in [0.25, 0.3) is 0 Å². The second kappa shape index (κ2) is 5.06. The Bertz CT molecular complexity index is 480. The van der Waals surface area contributed by atoms with E-state index in [1.165, 1.54) is 0 Å². The predicted molar refractivity (Wildman–Crippen MR) is 66.1 cm³/mol. The highest BCUT2D eigenvalue weighted by Gasteiger charge is 2.23. The van der Waals surface area contributed by atoms with Crippen molar-refractivity contribution in [3.63, 3.8) is 0 Å². The summed E-state index contributed by atoms with van der Waals surface area (Å²) in [5, 5.41) is 3.09. The van der Waals surface area contributed by atoms with Gasteiger partial charge >= 0.3 is 0 Å². The van der Waals surface area contributed by atoms with Crippen LogP contribution < -0.4 is 10.1 Å². The van der Waals surface area contributed by atoms with Crippen molar-refractivity contribution in [2.45, 2.75) is 24.3 Å². The van der Waals surface area contributed by atoms with Crippen molar-refractivity contribution in [1.82, 2.24) is 5.32 Å². The van der Waals surface area contributed by atoms with Crippen LogP contribution in [0.3, 0.4) is 0 Å². The summed E-state index contributed by atoms with van der Waals surface area (Å²) in [7, 11) is -3.22. The molecule has 94 valence electrons. The van der Waals surface area contributed by atoms with Crippen LogP contribution >= 0.6 is 0 Å². The molecular formula is C12H17NO3S. The number of rotatable bonds is 5. The maximum absolute atomic E-state index is 12.0. The smallest absolute Gasteiger partial charge is 0.182 e. The summed E-state index contributed by atoms with van der Waals surface area (Å²) in [6.07, 6.45) is 0.703. The molecule has 0 radical (unpaired) electrons. The van der Waals surface area contributed by atoms with Gasteiger partial charge in [0.1, 0.15) is 16.7 Å². The van der Waals surface area contributed by atoms with E-state index in [9.17, 15) is 8.42 Å². The van der Waals surface area contributed by atoms with Crippen molar-refractivity contribution >= 4 is 9.84 Å². The minimum Gasteiger partial charge on any atom is -0.486 e. The van der Waals surface area contributed by atoms with E-state index in [1.807, 2.05) is 6.92 Å². The van der Waals surface area contributed by atoms with Crippen molar-refractivity contribution in [3.8, 4) is 5.75 Å². The Balaban J connectivity index is 2.26. The third-order valence-electron chi connectivity index (χ3n) is 2.69. The number of sulfone groups is 1. The molecule has 17 heavy (non-hydrogen) atoms. The van der Waals surface area contributed by atoms with Crippen LogP contribution in [0, 0.1) is 0 Å². The van der Waals surface area contributed by atoms with E-state index < -0.39 is 9.84 Å². The molecule has 1 aliphatic heterocycles. The molecule has 0 spiro atoms. The van der Waals surface area contributed by atoms with Crippen LogP contribution in [0.4, 0.5) is 0 Å². The minimum absolute atomic E-state index is 0.0907. The SMILES string of the molecule is CCCS(=O)(=O)c1ccccc1OC1CNC1. The maximum atomic E-state index is 12.0. The Morgan fingerprint density at radius 2 is 2.06 bits per heavy atom. The molecular weight excluding hydrogens is 238 g/mol. The van der Waals surface area contributed by atoms with E-state index in [2.05, 4.69) is 5.32 Å². The van der Waals surface area contributed by atoms with Gasteiger partial charge in [-0.15, -0.1) is 0 Å². The van der Waals surface area contributed by atoms with E-state index in [1.54, 1.807) is 24.3 Å². The fourth-order valence-electron chi connectivity index (χ4n) is 1.71. The van der Waals surface area contributed by atoms with E-state index in [-0.39, 0.29) is 11.9 Å². The summed E-state index contributed by atoms with van der Waals surface area (Å²) in [6, 6.07) is 6.87. The van der Waals surface area contributed by atoms with Gasteiger partial charge < -0.3 is 10.1 Å². The largest absolute Gasteiger partial charge is 0.486 e. The number of hydrogen-bond donors (Lipinski definition) is 1. The molecule has 5 heteroatoms. The number of para-hydroxylation sites is 1. The van der Waals surface area contributed by atoms with Crippen molar-refractivity contribution in [2.24, 2.45) is 0 Å². The first-order valence-corrected chi connectivity index (χ1v) is 7.48. The third kappa shape index (κ3) is 2.79. The zero-order chi connectivity index (χ0) is 12.3. The number of benzene rings is 1. The molecule has 1 fully saturated rings. The van der Waals surface area contributed by atoms with E-state index >= 15 is 0 Å². The molecule has 1 N–H and O–H groups in total. The van der Waals surface area contributed by atoms with Crippen LogP contribution in [-0.4, -0.2) is 33.4 Å². The van der Waals surface area contributed by atoms with Gasteiger partial charge in [-0.05, 0) is 18.6 Å². The summed E-state index contributed by atoms with van der Waals surface area (Å²) in [5.74, 6) is 0.642. The molecule has 1 heterocycles. The topological polar surface area (TPSA) is 55.4 Å². The second-order valence-corrected chi connectivity index (χ2v) is 6.24. The minimum atomic E-state index is -3.22. The van der Waals surface area contributed by atoms with Crippen LogP contribution in [0.2, 0.25) is 0 Å². The van der Waals surface area contributed by atoms with Crippen molar-refractivity contribution < 1.29 is 13.2 Å². The molecule has 2 rings (SSSR count). The Hall–Kier alpha value is -1.07. The van der Waals surface area contributed by atoms with E-state index in [0.717, 1.165) is 13.1 Å². The zero-order valence-corrected chi connectivity index (χ0v) is 10.7. The standard InChI is InChI=1S/C12H17NO3S/c1-2-7-17(14,15)12-6-4-3-5-11(12)16-10-8-13-9-10/h3-6,10,13H,2,7-9H2,1H3. The summed E-state index contributed by atoms with van der Waals surface area (Å²) in [4.78, 5) is 0.314. The highest BCUT2D eigenvalue weighted by Crippen LogP contribution is 2.26. The Morgan fingerprint density at radius 1 is 1.35 bits per heavy atom. The number of hydrogen-bond acceptors (Lipinski definition) is 4. The number of ether oxygens (including phenoxy) is 1. The van der Waals surface area contributed by atoms with Gasteiger partial charge in [0.2, 0.25) is 0 Å². The molecule has 1 aliphatic rings. The van der Waals surface area contributed by atoms with Crippen LogP contribution in [0.25, 0.3) is 0 Å². The summed E-state index contributed by atoms with van der Waals surface area (Å²) in [6.45, 7) is 3.42. The normalized spacial score (nSPS) is 16.5. The molecule has 1 aromatic rings. The van der Waals surface area contributed by atoms with Crippen LogP contribution in [0.1, 0.15) is 13.3 Å². The quantitative estimate of drug-likeness (QED) is 0.859. The lowest BCUT2D eigenvalue weighted by molar-refractivity contribution is 0.138. The Kier molecular flexibility index (Phi) is 3.69. The molecule has 1 aromatic carbocycles. The van der Waals surface area contributed by atoms with Gasteiger partial charge in [0.15, 0.2) is 9.84 Å². The van der Waals surface area contributed by atoms with Crippen LogP contribution in [-0.2, 0) is 9.84 Å². The molecule has 0 saturated carbocycles. The van der Waals surface area contributed by atoms with Gasteiger partial charge in [0.05, 0.1) is 5.75 Å². The van der Waals surface area contributed by atoms with Gasteiger partial charge in [0, 0.05) is 13.1 Å². The summed E-state index contributed by atoms with van der Waals surface area (Å²) in [5.41, 5.74) is 0. The van der Waals surface area contributed by atoms with Crippen LogP contribution in [0.5, 0.6) is 5.75 Å². The lowest BCUT2D eigenvalue weighted by atomic mass is 10.2. The molecule has 4 nitrogen and oxygen atoms in total. The van der Waals surface area contributed by atoms with E-state index in [4.69, 9.17) is 4.74 Å². The second-order valence-electron chi connectivity index (χ2n) is 4.16. The van der Waals surface area contributed by atoms with Gasteiger partial charge in [-0.3, -0.25) is 0 Å². The zero-order valence-electron chi connectivity index (χ0n) is 9.85. The van der Waals surface area contributed by atoms with Crippen molar-refractivity contribution in [1.29, 1.82) is 0 Å². The predicted octanol–water partition coefficient (Wildman–Crippen LogP) is 1.22. The molecule has 0 aliphatic carbocycles. The molecule has 0 unspecified atom stereocenters. The molecule has 0 bridgehead atoms. The molecule has 1 saturated heterocycles. The molecule has 0 atom stereocenters. The lowest BCUT2D eigenvalue weighted by Gasteiger charge is -2.28. The lowest BCUT2D eigenvalue weighted by Crippen LogP contribution is -2.50. The fourth-order valence-corrected chi connectivity index (χ4v) is 3.17. The first-order chi connectivity index (χ1) is 8.13. The Labute approximate surface area is 102 Å². The number of nitrogens with one attached hydrogen (secondary N) is 1. The van der Waals surface area contributed by atoms with E-state index in [0.29, 0.717) is 17.1 Å². The van der Waals surface area contributed by atoms with Crippen molar-refractivity contribution in [3.05, 3.63) is 24.3 Å². The molecule has 0 amide bonds. The highest BCUT2D eigenvalue weighted by atomic mass is 32.2. The van der Waals surface area contributed by atoms with Gasteiger partial charge in [-0.2, -0.15) is 0 Å². The Morgan fingerprint density at radius 3 is 2.65 bits per heavy atom. The fraction of sp³-hybridized carbons (Fsp3) is 0.500. The average molecular weight is 255 g/mol. The highest BCUT2D eigenvalue weighted by molar-refractivity contribution is 7.91. The van der Waals surface area contributed by atoms with Gasteiger partial charge in [-0.1, -0.05) is 19.1 Å². The van der Waals surface area contributed by atoms with Gasteiger partial charge in [-0.25, -0.2) is 8.42 Å². The third-order valence-corrected chi connectivity index (χ3v) is 4.65. The summed E-state index contributed by atoms with van der Waals surface area (Å²) < 4.78 is 29.8. The monoisotopic (exact) mass is 255 g/mol. The average Bonchev–Trinajstić information content (AvgIpc) is 2.24. The van der Waals surface area contributed by atoms with Crippen molar-refractivity contribution in [2.75, 3.05) is 18.8 Å². The first-order valence-electron chi connectivity index (χ1n) is 5.82.